The Hall–Kier alpha value is -4.31. The predicted octanol–water partition coefficient (Wildman–Crippen LogP) is 7.72. The molecular weight excluding hydrogens is 762 g/mol. The number of benzene rings is 3. The van der Waals surface area contributed by atoms with E-state index in [1.165, 1.54) is 11.1 Å². The molecule has 2 aliphatic carbocycles. The molecule has 0 aliphatic heterocycles. The van der Waals surface area contributed by atoms with Crippen molar-refractivity contribution < 1.29 is 41.9 Å². The monoisotopic (exact) mass is 794 g/mol. The molecule has 2 N–H and O–H groups in total. The van der Waals surface area contributed by atoms with Crippen LogP contribution in [0, 0.1) is 55.5 Å². The Labute approximate surface area is 266 Å². The second kappa shape index (κ2) is 14.7. The van der Waals surface area contributed by atoms with Crippen LogP contribution in [0.2, 0.25) is 0 Å². The number of hydrogen-bond acceptors (Lipinski definition) is 6. The minimum atomic E-state index is -2.51. The van der Waals surface area contributed by atoms with E-state index in [0.717, 1.165) is 39.3 Å². The molecule has 0 saturated heterocycles. The molecule has 0 amide bonds. The number of allylic oxidation sites excluding steroid dienone is 10. The van der Waals surface area contributed by atoms with Crippen LogP contribution in [-0.4, -0.2) is 11.6 Å². The van der Waals surface area contributed by atoms with Crippen LogP contribution in [0.3, 0.4) is 0 Å². The van der Waals surface area contributed by atoms with Crippen molar-refractivity contribution in [1.82, 2.24) is 0 Å². The molecule has 5 rings (SSSR count). The summed E-state index contributed by atoms with van der Waals surface area (Å²) in [5, 5.41) is 7.11. The van der Waals surface area contributed by atoms with E-state index >= 15 is 0 Å². The van der Waals surface area contributed by atoms with Gasteiger partial charge >= 0.3 is 32.3 Å². The van der Waals surface area contributed by atoms with Crippen LogP contribution in [-0.2, 0) is 14.1 Å². The van der Waals surface area contributed by atoms with Gasteiger partial charge in [0.15, 0.2) is 11.6 Å². The third kappa shape index (κ3) is 7.19. The number of nitrogens with one attached hydrogen (secondary N) is 2. The topological polar surface area (TPSA) is 92.3 Å². The van der Waals surface area contributed by atoms with Crippen molar-refractivity contribution in [2.45, 2.75) is 27.7 Å². The van der Waals surface area contributed by atoms with Crippen molar-refractivity contribution >= 4 is 34.2 Å². The predicted molar refractivity (Wildman–Crippen MR) is 167 cm³/mol. The summed E-state index contributed by atoms with van der Waals surface area (Å²) in [5.74, 6) is -0.0902. The maximum absolute atomic E-state index is 13.4. The summed E-state index contributed by atoms with van der Waals surface area (Å²) in [6, 6.07) is 19.6. The molecule has 6 nitrogen and oxygen atoms in total. The Bertz CT molecular complexity index is 1790. The van der Waals surface area contributed by atoms with Gasteiger partial charge in [-0.3, -0.25) is 9.59 Å². The summed E-state index contributed by atoms with van der Waals surface area (Å²) in [5.41, 5.74) is 10.6. The second-order valence-electron chi connectivity index (χ2n) is 10.1. The Morgan fingerprint density at radius 2 is 1.28 bits per heavy atom. The molecule has 0 spiro atoms. The molecule has 0 fully saturated rings. The third-order valence-electron chi connectivity index (χ3n) is 7.66. The normalized spacial score (nSPS) is 15.8. The van der Waals surface area contributed by atoms with Crippen LogP contribution in [0.25, 0.3) is 11.3 Å². The van der Waals surface area contributed by atoms with Gasteiger partial charge in [-0.15, -0.1) is 0 Å². The molecule has 0 atom stereocenters. The molecule has 3 aromatic carbocycles. The van der Waals surface area contributed by atoms with Gasteiger partial charge in [-0.2, -0.15) is 0 Å². The first kappa shape index (κ1) is 31.6. The molecule has 0 radical (unpaired) electrons. The van der Waals surface area contributed by atoms with E-state index in [1.807, 2.05) is 91.0 Å². The molecule has 0 heterocycles. The van der Waals surface area contributed by atoms with E-state index in [1.54, 1.807) is 18.4 Å². The zero-order valence-corrected chi connectivity index (χ0v) is 28.7. The third-order valence-corrected chi connectivity index (χ3v) is 7.66. The SMILES string of the molecule is Cc1c(C)c(C)c(N/C(=C2/C=CC=CC2=O)c2ccccc2)c(N/C=C2/C=CC=C(c3ccccc3)C2=O)c1C.[O]=[U]=[O]. The summed E-state index contributed by atoms with van der Waals surface area (Å²) in [4.78, 5) is 26.4. The maximum atomic E-state index is 13.4. The van der Waals surface area contributed by atoms with E-state index in [0.29, 0.717) is 16.7 Å². The van der Waals surface area contributed by atoms with Gasteiger partial charge in [-0.05, 0) is 79.3 Å². The average molecular weight is 795 g/mol. The van der Waals surface area contributed by atoms with Gasteiger partial charge in [0, 0.05) is 22.9 Å². The first-order valence-corrected chi connectivity index (χ1v) is 17.2. The fourth-order valence-electron chi connectivity index (χ4n) is 5.01. The van der Waals surface area contributed by atoms with Crippen LogP contribution in [0.4, 0.5) is 11.4 Å². The molecule has 0 unspecified atom stereocenters. The van der Waals surface area contributed by atoms with Crippen molar-refractivity contribution in [1.29, 1.82) is 0 Å². The molecule has 0 saturated carbocycles. The summed E-state index contributed by atoms with van der Waals surface area (Å²) in [6.45, 7) is 8.37. The molecule has 3 aromatic rings. The van der Waals surface area contributed by atoms with E-state index in [4.69, 9.17) is 4.47 Å². The Morgan fingerprint density at radius 3 is 1.91 bits per heavy atom. The van der Waals surface area contributed by atoms with Crippen molar-refractivity contribution in [3.05, 3.63) is 154 Å². The van der Waals surface area contributed by atoms with Gasteiger partial charge in [0.25, 0.3) is 0 Å². The van der Waals surface area contributed by atoms with E-state index < -0.39 is 27.8 Å². The summed E-state index contributed by atoms with van der Waals surface area (Å²) in [7, 11) is 0. The van der Waals surface area contributed by atoms with Crippen LogP contribution in [0.15, 0.2) is 121 Å². The van der Waals surface area contributed by atoms with Crippen molar-refractivity contribution in [2.75, 3.05) is 10.6 Å². The van der Waals surface area contributed by atoms with Crippen LogP contribution < -0.4 is 10.6 Å². The zero-order valence-electron chi connectivity index (χ0n) is 24.5. The molecule has 214 valence electrons. The summed E-state index contributed by atoms with van der Waals surface area (Å²) < 4.78 is 17.2. The fourth-order valence-corrected chi connectivity index (χ4v) is 5.01. The molecular formula is C36H32N2O4U. The fraction of sp³-hybridized carbons (Fsp3) is 0.111. The van der Waals surface area contributed by atoms with Crippen molar-refractivity contribution in [3.8, 4) is 0 Å². The second-order valence-corrected chi connectivity index (χ2v) is 10.8. The van der Waals surface area contributed by atoms with Crippen LogP contribution in [0.1, 0.15) is 33.4 Å². The van der Waals surface area contributed by atoms with E-state index in [-0.39, 0.29) is 11.6 Å². The molecule has 0 aromatic heterocycles. The zero-order chi connectivity index (χ0) is 30.9. The number of Topliss-reactive ketones (excluding diaryl/α,β-unsaturated/α-hetero) is 1. The van der Waals surface area contributed by atoms with Gasteiger partial charge in [0.2, 0.25) is 0 Å². The number of hydrogen-bond donors (Lipinski definition) is 2. The quantitative estimate of drug-likeness (QED) is 0.249. The molecule has 7 heteroatoms. The molecule has 2 aliphatic rings. The Morgan fingerprint density at radius 1 is 0.698 bits per heavy atom. The minimum absolute atomic E-state index is 0.0364. The number of ketones is 2. The Kier molecular flexibility index (Phi) is 10.8. The van der Waals surface area contributed by atoms with Crippen molar-refractivity contribution in [2.24, 2.45) is 0 Å². The van der Waals surface area contributed by atoms with Gasteiger partial charge in [-0.1, -0.05) is 85.0 Å². The van der Waals surface area contributed by atoms with Crippen molar-refractivity contribution in [3.63, 3.8) is 0 Å². The van der Waals surface area contributed by atoms with Gasteiger partial charge < -0.3 is 10.6 Å². The number of carbonyl (C=O) groups excluding carboxylic acids is 2. The first-order valence-electron chi connectivity index (χ1n) is 13.8. The number of anilines is 2. The Balaban J connectivity index is 0.00000135. The van der Waals surface area contributed by atoms with E-state index in [2.05, 4.69) is 38.3 Å². The first-order chi connectivity index (χ1) is 20.8. The van der Waals surface area contributed by atoms with Gasteiger partial charge in [0.1, 0.15) is 0 Å². The van der Waals surface area contributed by atoms with Crippen LogP contribution in [0.5, 0.6) is 0 Å². The average Bonchev–Trinajstić information content (AvgIpc) is 3.03. The number of rotatable bonds is 6. The number of carbonyl (C=O) groups is 2. The molecule has 0 bridgehead atoms. The van der Waals surface area contributed by atoms with Gasteiger partial charge in [0.05, 0.1) is 17.1 Å². The standard InChI is InChI=1S/C36H32N2O2.2O.U/c1-23-24(2)26(4)34(38-35(28-16-9-6-10-17-28)31-19-11-12-21-32(31)39)33(25(23)3)37-22-29-18-13-20-30(36(29)40)27-14-7-5-8-15-27;;;/h5-22,37-38H,1-4H3;;;/b29-22-,35-31-;;;. The van der Waals surface area contributed by atoms with Crippen LogP contribution >= 0.6 is 0 Å². The molecule has 43 heavy (non-hydrogen) atoms. The van der Waals surface area contributed by atoms with Gasteiger partial charge in [-0.25, -0.2) is 0 Å². The summed E-state index contributed by atoms with van der Waals surface area (Å²) in [6.07, 6.45) is 14.4. The summed E-state index contributed by atoms with van der Waals surface area (Å²) >= 11 is -2.51. The van der Waals surface area contributed by atoms with E-state index in [9.17, 15) is 9.59 Å².